The summed E-state index contributed by atoms with van der Waals surface area (Å²) in [6, 6.07) is 10.6. The lowest BCUT2D eigenvalue weighted by atomic mass is 9.94. The van der Waals surface area contributed by atoms with E-state index in [0.29, 0.717) is 30.2 Å². The highest BCUT2D eigenvalue weighted by Gasteiger charge is 2.41. The molecule has 4 amide bonds. The molecule has 1 unspecified atom stereocenters. The van der Waals surface area contributed by atoms with Gasteiger partial charge in [0.2, 0.25) is 0 Å². The number of fused-ring (bicyclic) bond motifs is 1. The largest absolute Gasteiger partial charge is 0.396 e. The second-order valence-corrected chi connectivity index (χ2v) is 10.2. The quantitative estimate of drug-likeness (QED) is 0.600. The van der Waals surface area contributed by atoms with Crippen LogP contribution in [0.25, 0.3) is 11.1 Å². The molecule has 1 N–H and O–H groups in total. The van der Waals surface area contributed by atoms with Crippen LogP contribution in [0, 0.1) is 5.41 Å². The van der Waals surface area contributed by atoms with Crippen LogP contribution < -0.4 is 0 Å². The summed E-state index contributed by atoms with van der Waals surface area (Å²) in [6.45, 7) is 8.99. The van der Waals surface area contributed by atoms with E-state index in [-0.39, 0.29) is 36.4 Å². The molecule has 34 heavy (non-hydrogen) atoms. The van der Waals surface area contributed by atoms with Crippen molar-refractivity contribution in [3.05, 3.63) is 58.1 Å². The summed E-state index contributed by atoms with van der Waals surface area (Å²) in [7, 11) is 0. The first-order valence-corrected chi connectivity index (χ1v) is 11.9. The molecule has 0 spiro atoms. The number of imide groups is 1. The normalized spacial score (nSPS) is 18.4. The van der Waals surface area contributed by atoms with Crippen molar-refractivity contribution in [1.82, 2.24) is 14.7 Å². The van der Waals surface area contributed by atoms with E-state index < -0.39 is 6.04 Å². The van der Waals surface area contributed by atoms with Crippen molar-refractivity contribution in [1.29, 1.82) is 0 Å². The Morgan fingerprint density at radius 2 is 1.76 bits per heavy atom. The van der Waals surface area contributed by atoms with Crippen molar-refractivity contribution >= 4 is 29.4 Å². The maximum absolute atomic E-state index is 12.8. The molecule has 7 nitrogen and oxygen atoms in total. The van der Waals surface area contributed by atoms with Gasteiger partial charge in [0, 0.05) is 48.8 Å². The monoisotopic (exact) mass is 483 g/mol. The average molecular weight is 484 g/mol. The number of hydrogen-bond acceptors (Lipinski definition) is 4. The van der Waals surface area contributed by atoms with Gasteiger partial charge < -0.3 is 14.9 Å². The Bertz CT molecular complexity index is 1160. The van der Waals surface area contributed by atoms with Gasteiger partial charge in [-0.2, -0.15) is 0 Å². The van der Waals surface area contributed by atoms with Gasteiger partial charge in [0.05, 0.1) is 0 Å². The molecule has 8 heteroatoms. The van der Waals surface area contributed by atoms with Gasteiger partial charge >= 0.3 is 6.03 Å². The van der Waals surface area contributed by atoms with Crippen LogP contribution in [0.5, 0.6) is 0 Å². The Hall–Kier alpha value is -2.90. The fourth-order valence-electron chi connectivity index (χ4n) is 4.56. The molecule has 2 aliphatic rings. The van der Waals surface area contributed by atoms with Gasteiger partial charge in [0.1, 0.15) is 6.04 Å². The molecule has 1 saturated heterocycles. The van der Waals surface area contributed by atoms with Crippen LogP contribution in [-0.4, -0.2) is 63.4 Å². The van der Waals surface area contributed by atoms with Crippen LogP contribution >= 0.6 is 11.6 Å². The number of aliphatic hydroxyl groups excluding tert-OH is 1. The van der Waals surface area contributed by atoms with E-state index in [0.717, 1.165) is 22.3 Å². The zero-order valence-corrected chi connectivity index (χ0v) is 20.7. The topological polar surface area (TPSA) is 81.2 Å². The molecule has 2 heterocycles. The fourth-order valence-corrected chi connectivity index (χ4v) is 4.80. The lowest BCUT2D eigenvalue weighted by molar-refractivity contribution is -0.127. The maximum atomic E-state index is 12.8. The van der Waals surface area contributed by atoms with Gasteiger partial charge in [0.25, 0.3) is 11.8 Å². The van der Waals surface area contributed by atoms with Gasteiger partial charge in [-0.05, 0) is 54.3 Å². The molecule has 0 radical (unpaired) electrons. The highest BCUT2D eigenvalue weighted by atomic mass is 35.5. The van der Waals surface area contributed by atoms with Gasteiger partial charge in [0.15, 0.2) is 0 Å². The Labute approximate surface area is 204 Å². The number of rotatable bonds is 7. The number of carbonyl (C=O) groups excluding carboxylic acids is 3. The summed E-state index contributed by atoms with van der Waals surface area (Å²) in [4.78, 5) is 42.2. The minimum absolute atomic E-state index is 0.00959. The predicted octanol–water partition coefficient (Wildman–Crippen LogP) is 4.15. The standard InChI is InChI=1S/C26H30ClN3O4/c1-5-29-23(32)16(2)30(25(29)34)13-19-7-6-18(11-22(19)27)17-8-9-21-20(10-17)12-28(24(21)33)14-26(3,4)15-31/h6-11,16,31H,5,12-15H2,1-4H3. The van der Waals surface area contributed by atoms with E-state index >= 15 is 0 Å². The molecule has 0 aliphatic carbocycles. The maximum Gasteiger partial charge on any atom is 0.327 e. The molecular formula is C26H30ClN3O4. The highest BCUT2D eigenvalue weighted by Crippen LogP contribution is 2.33. The molecular weight excluding hydrogens is 454 g/mol. The number of nitrogens with zero attached hydrogens (tertiary/aromatic N) is 3. The molecule has 1 fully saturated rings. The summed E-state index contributed by atoms with van der Waals surface area (Å²) < 4.78 is 0. The van der Waals surface area contributed by atoms with Crippen molar-refractivity contribution in [2.24, 2.45) is 5.41 Å². The number of likely N-dealkylation sites (N-methyl/N-ethyl adjacent to an activating group) is 1. The van der Waals surface area contributed by atoms with Gasteiger partial charge in [-0.1, -0.05) is 43.6 Å². The second kappa shape index (κ2) is 9.04. The van der Waals surface area contributed by atoms with E-state index in [1.165, 1.54) is 9.80 Å². The van der Waals surface area contributed by atoms with E-state index in [1.807, 2.05) is 50.2 Å². The van der Waals surface area contributed by atoms with Crippen molar-refractivity contribution in [2.75, 3.05) is 19.7 Å². The lowest BCUT2D eigenvalue weighted by Crippen LogP contribution is -2.36. The first kappa shape index (κ1) is 24.2. The fraction of sp³-hybridized carbons (Fsp3) is 0.423. The van der Waals surface area contributed by atoms with Crippen molar-refractivity contribution < 1.29 is 19.5 Å². The zero-order valence-electron chi connectivity index (χ0n) is 20.0. The van der Waals surface area contributed by atoms with Crippen LogP contribution in [0.15, 0.2) is 36.4 Å². The van der Waals surface area contributed by atoms with Crippen molar-refractivity contribution in [2.45, 2.75) is 46.8 Å². The summed E-state index contributed by atoms with van der Waals surface area (Å²) in [6.07, 6.45) is 0. The Morgan fingerprint density at radius 1 is 1.09 bits per heavy atom. The number of carbonyl (C=O) groups is 3. The smallest absolute Gasteiger partial charge is 0.327 e. The number of urea groups is 1. The van der Waals surface area contributed by atoms with Crippen LogP contribution in [0.3, 0.4) is 0 Å². The van der Waals surface area contributed by atoms with Gasteiger partial charge in [-0.3, -0.25) is 14.5 Å². The molecule has 2 aromatic rings. The Morgan fingerprint density at radius 3 is 2.38 bits per heavy atom. The summed E-state index contributed by atoms with van der Waals surface area (Å²) in [5.74, 6) is -0.208. The zero-order chi connectivity index (χ0) is 24.8. The van der Waals surface area contributed by atoms with E-state index in [2.05, 4.69) is 0 Å². The average Bonchev–Trinajstić information content (AvgIpc) is 3.21. The Kier molecular flexibility index (Phi) is 6.44. The predicted molar refractivity (Wildman–Crippen MR) is 130 cm³/mol. The molecule has 180 valence electrons. The summed E-state index contributed by atoms with van der Waals surface area (Å²) in [5.41, 5.74) is 3.89. The molecule has 4 rings (SSSR count). The van der Waals surface area contributed by atoms with E-state index in [4.69, 9.17) is 11.6 Å². The highest BCUT2D eigenvalue weighted by molar-refractivity contribution is 6.31. The van der Waals surface area contributed by atoms with E-state index in [1.54, 1.807) is 18.7 Å². The second-order valence-electron chi connectivity index (χ2n) is 9.83. The minimum atomic E-state index is -0.517. The lowest BCUT2D eigenvalue weighted by Gasteiger charge is -2.28. The molecule has 0 aromatic heterocycles. The van der Waals surface area contributed by atoms with Crippen LogP contribution in [0.1, 0.15) is 49.2 Å². The number of hydrogen-bond donors (Lipinski definition) is 1. The number of halogens is 1. The Balaban J connectivity index is 1.53. The van der Waals surface area contributed by atoms with Crippen molar-refractivity contribution in [3.8, 4) is 11.1 Å². The molecule has 0 saturated carbocycles. The van der Waals surface area contributed by atoms with Crippen molar-refractivity contribution in [3.63, 3.8) is 0 Å². The molecule has 1 atom stereocenters. The SMILES string of the molecule is CCN1C(=O)C(C)N(Cc2ccc(-c3ccc4c(c3)CN(CC(C)(C)CO)C4=O)cc2Cl)C1=O. The molecule has 2 aromatic carbocycles. The first-order valence-electron chi connectivity index (χ1n) is 11.5. The van der Waals surface area contributed by atoms with Crippen LogP contribution in [-0.2, 0) is 17.9 Å². The van der Waals surface area contributed by atoms with Crippen LogP contribution in [0.2, 0.25) is 5.02 Å². The third-order valence-electron chi connectivity index (χ3n) is 6.64. The minimum Gasteiger partial charge on any atom is -0.396 e. The number of amides is 4. The summed E-state index contributed by atoms with van der Waals surface area (Å²) in [5, 5.41) is 10.1. The van der Waals surface area contributed by atoms with Gasteiger partial charge in [-0.25, -0.2) is 4.79 Å². The third-order valence-corrected chi connectivity index (χ3v) is 6.99. The number of aliphatic hydroxyl groups is 1. The molecule has 0 bridgehead atoms. The third kappa shape index (κ3) is 4.30. The number of benzene rings is 2. The van der Waals surface area contributed by atoms with E-state index in [9.17, 15) is 19.5 Å². The first-order chi connectivity index (χ1) is 16.1. The van der Waals surface area contributed by atoms with Crippen LogP contribution in [0.4, 0.5) is 4.79 Å². The van der Waals surface area contributed by atoms with Gasteiger partial charge in [-0.15, -0.1) is 0 Å². The molecule has 2 aliphatic heterocycles. The summed E-state index contributed by atoms with van der Waals surface area (Å²) >= 11 is 6.59.